The number of rotatable bonds is 5. The molecule has 3 rings (SSSR count). The van der Waals surface area contributed by atoms with Crippen LogP contribution in [-0.4, -0.2) is 18.1 Å². The fourth-order valence-electron chi connectivity index (χ4n) is 3.14. The van der Waals surface area contributed by atoms with Crippen molar-refractivity contribution in [1.82, 2.24) is 5.32 Å². The van der Waals surface area contributed by atoms with Gasteiger partial charge in [-0.2, -0.15) is 13.2 Å². The fourth-order valence-corrected chi connectivity index (χ4v) is 3.14. The van der Waals surface area contributed by atoms with E-state index in [-0.39, 0.29) is 11.8 Å². The molecule has 1 amide bonds. The number of carbonyl (C=O) groups excluding carboxylic acids is 1. The number of hydrogen-bond acceptors (Lipinski definition) is 3. The monoisotopic (exact) mass is 382 g/mol. The van der Waals surface area contributed by atoms with Crippen LogP contribution in [0.1, 0.15) is 36.1 Å². The molecule has 0 aliphatic carbocycles. The molecule has 144 valence electrons. The Morgan fingerprint density at radius 2 is 1.78 bits per heavy atom. The Balaban J connectivity index is 1.76. The lowest BCUT2D eigenvalue weighted by Crippen LogP contribution is -2.37. The molecule has 4 nitrogen and oxygen atoms in total. The molecule has 1 heterocycles. The first-order valence-electron chi connectivity index (χ1n) is 8.39. The summed E-state index contributed by atoms with van der Waals surface area (Å²) in [4.78, 5) is 11.2. The minimum Gasteiger partial charge on any atom is -0.476 e. The second-order valence-electron chi connectivity index (χ2n) is 6.38. The highest BCUT2D eigenvalue weighted by molar-refractivity contribution is 5.80. The molecule has 0 bridgehead atoms. The van der Waals surface area contributed by atoms with Crippen molar-refractivity contribution < 1.29 is 27.1 Å². The van der Waals surface area contributed by atoms with Crippen molar-refractivity contribution >= 4 is 5.91 Å². The van der Waals surface area contributed by atoms with Gasteiger partial charge in [0.25, 0.3) is 0 Å². The van der Waals surface area contributed by atoms with Gasteiger partial charge in [-0.1, -0.05) is 30.3 Å². The van der Waals surface area contributed by atoms with Crippen molar-refractivity contribution in [2.75, 3.05) is 0 Å². The van der Waals surface area contributed by atoms with Gasteiger partial charge in [-0.05, 0) is 36.6 Å². The fraction of sp³-hybridized carbons (Fsp3) is 0.316. The second-order valence-corrected chi connectivity index (χ2v) is 6.38. The molecular formula is C19H18F4N2O2. The SMILES string of the molecule is NC(=O)C1CCC(c2ccc(OC(c3ccccc3F)C(F)(F)F)cc2)N1. The summed E-state index contributed by atoms with van der Waals surface area (Å²) in [5, 5.41) is 3.08. The molecular weight excluding hydrogens is 364 g/mol. The number of nitrogens with two attached hydrogens (primary N) is 1. The summed E-state index contributed by atoms with van der Waals surface area (Å²) in [7, 11) is 0. The van der Waals surface area contributed by atoms with Gasteiger partial charge in [-0.3, -0.25) is 10.1 Å². The highest BCUT2D eigenvalue weighted by Crippen LogP contribution is 2.38. The maximum Gasteiger partial charge on any atom is 0.429 e. The quantitative estimate of drug-likeness (QED) is 0.774. The largest absolute Gasteiger partial charge is 0.476 e. The van der Waals surface area contributed by atoms with Gasteiger partial charge in [-0.25, -0.2) is 4.39 Å². The summed E-state index contributed by atoms with van der Waals surface area (Å²) >= 11 is 0. The van der Waals surface area contributed by atoms with Crippen LogP contribution in [0.4, 0.5) is 17.6 Å². The normalized spacial score (nSPS) is 21.0. The van der Waals surface area contributed by atoms with Crippen LogP contribution in [0.5, 0.6) is 5.75 Å². The summed E-state index contributed by atoms with van der Waals surface area (Å²) in [5.74, 6) is -1.45. The van der Waals surface area contributed by atoms with Crippen LogP contribution in [0, 0.1) is 5.82 Å². The number of ether oxygens (including phenoxy) is 1. The van der Waals surface area contributed by atoms with E-state index in [1.807, 2.05) is 0 Å². The number of amides is 1. The number of benzene rings is 2. The number of primary amides is 1. The van der Waals surface area contributed by atoms with Crippen LogP contribution >= 0.6 is 0 Å². The van der Waals surface area contributed by atoms with Crippen molar-refractivity contribution in [1.29, 1.82) is 0 Å². The van der Waals surface area contributed by atoms with E-state index in [0.717, 1.165) is 17.7 Å². The third-order valence-corrected chi connectivity index (χ3v) is 4.51. The van der Waals surface area contributed by atoms with E-state index in [2.05, 4.69) is 5.32 Å². The zero-order valence-electron chi connectivity index (χ0n) is 14.2. The molecule has 8 heteroatoms. The topological polar surface area (TPSA) is 64.4 Å². The number of alkyl halides is 3. The lowest BCUT2D eigenvalue weighted by atomic mass is 10.0. The molecule has 1 fully saturated rings. The van der Waals surface area contributed by atoms with Crippen molar-refractivity contribution in [3.8, 4) is 5.75 Å². The number of nitrogens with one attached hydrogen (secondary N) is 1. The third kappa shape index (κ3) is 4.39. The van der Waals surface area contributed by atoms with Crippen LogP contribution in [-0.2, 0) is 4.79 Å². The molecule has 0 saturated carbocycles. The van der Waals surface area contributed by atoms with Gasteiger partial charge >= 0.3 is 6.18 Å². The average Bonchev–Trinajstić information content (AvgIpc) is 3.10. The summed E-state index contributed by atoms with van der Waals surface area (Å²) in [6.07, 6.45) is -5.90. The Labute approximate surface area is 153 Å². The summed E-state index contributed by atoms with van der Waals surface area (Å²) in [6.45, 7) is 0. The minimum atomic E-state index is -4.78. The second kappa shape index (κ2) is 7.56. The molecule has 3 N–H and O–H groups in total. The number of carbonyl (C=O) groups is 1. The van der Waals surface area contributed by atoms with E-state index < -0.39 is 35.6 Å². The van der Waals surface area contributed by atoms with Crippen LogP contribution in [0.15, 0.2) is 48.5 Å². The van der Waals surface area contributed by atoms with E-state index in [9.17, 15) is 22.4 Å². The highest BCUT2D eigenvalue weighted by Gasteiger charge is 2.44. The Morgan fingerprint density at radius 1 is 1.11 bits per heavy atom. The third-order valence-electron chi connectivity index (χ3n) is 4.51. The maximum absolute atomic E-state index is 13.8. The van der Waals surface area contributed by atoms with Crippen LogP contribution in [0.2, 0.25) is 0 Å². The van der Waals surface area contributed by atoms with Gasteiger partial charge in [0.15, 0.2) is 0 Å². The molecule has 27 heavy (non-hydrogen) atoms. The van der Waals surface area contributed by atoms with Crippen LogP contribution < -0.4 is 15.8 Å². The van der Waals surface area contributed by atoms with Crippen molar-refractivity contribution in [2.24, 2.45) is 5.73 Å². The van der Waals surface area contributed by atoms with Crippen molar-refractivity contribution in [3.63, 3.8) is 0 Å². The van der Waals surface area contributed by atoms with Gasteiger partial charge in [0, 0.05) is 11.6 Å². The maximum atomic E-state index is 13.8. The van der Waals surface area contributed by atoms with Crippen LogP contribution in [0.25, 0.3) is 0 Å². The smallest absolute Gasteiger partial charge is 0.429 e. The lowest BCUT2D eigenvalue weighted by Gasteiger charge is -2.23. The Morgan fingerprint density at radius 3 is 2.33 bits per heavy atom. The van der Waals surface area contributed by atoms with Gasteiger partial charge < -0.3 is 10.5 Å². The van der Waals surface area contributed by atoms with Crippen LogP contribution in [0.3, 0.4) is 0 Å². The number of hydrogen-bond donors (Lipinski definition) is 2. The first kappa shape index (κ1) is 19.2. The lowest BCUT2D eigenvalue weighted by molar-refractivity contribution is -0.198. The first-order chi connectivity index (χ1) is 12.8. The molecule has 0 radical (unpaired) electrons. The van der Waals surface area contributed by atoms with E-state index in [4.69, 9.17) is 10.5 Å². The van der Waals surface area contributed by atoms with Gasteiger partial charge in [-0.15, -0.1) is 0 Å². The Hall–Kier alpha value is -2.61. The highest BCUT2D eigenvalue weighted by atomic mass is 19.4. The Kier molecular flexibility index (Phi) is 5.36. The van der Waals surface area contributed by atoms with Crippen molar-refractivity contribution in [2.45, 2.75) is 37.2 Å². The average molecular weight is 382 g/mol. The van der Waals surface area contributed by atoms with E-state index in [1.165, 1.54) is 24.3 Å². The molecule has 1 saturated heterocycles. The summed E-state index contributed by atoms with van der Waals surface area (Å²) in [6, 6.07) is 10.1. The first-order valence-corrected chi connectivity index (χ1v) is 8.39. The summed E-state index contributed by atoms with van der Waals surface area (Å²) < 4.78 is 59.0. The van der Waals surface area contributed by atoms with Crippen molar-refractivity contribution in [3.05, 3.63) is 65.5 Å². The van der Waals surface area contributed by atoms with Gasteiger partial charge in [0.1, 0.15) is 11.6 Å². The molecule has 3 unspecified atom stereocenters. The van der Waals surface area contributed by atoms with Gasteiger partial charge in [0.2, 0.25) is 12.0 Å². The molecule has 0 aromatic heterocycles. The number of halogens is 4. The minimum absolute atomic E-state index is 0.0335. The molecule has 3 atom stereocenters. The zero-order chi connectivity index (χ0) is 19.6. The standard InChI is InChI=1S/C19H18F4N2O2/c20-14-4-2-1-3-13(14)17(19(21,22)23)27-12-7-5-11(6-8-12)15-9-10-16(25-15)18(24)26/h1-8,15-17,25H,9-10H2,(H2,24,26). The zero-order valence-corrected chi connectivity index (χ0v) is 14.2. The van der Waals surface area contributed by atoms with Gasteiger partial charge in [0.05, 0.1) is 6.04 Å². The van der Waals surface area contributed by atoms with E-state index in [0.29, 0.717) is 12.8 Å². The Bertz CT molecular complexity index is 808. The molecule has 2 aromatic rings. The molecule has 2 aromatic carbocycles. The van der Waals surface area contributed by atoms with E-state index in [1.54, 1.807) is 12.1 Å². The molecule has 0 spiro atoms. The summed E-state index contributed by atoms with van der Waals surface area (Å²) in [5.41, 5.74) is 5.50. The molecule has 1 aliphatic heterocycles. The molecule has 1 aliphatic rings. The predicted molar refractivity (Wildman–Crippen MR) is 90.4 cm³/mol. The predicted octanol–water partition coefficient (Wildman–Crippen LogP) is 3.79. The van der Waals surface area contributed by atoms with E-state index >= 15 is 0 Å².